The molecule has 0 bridgehead atoms. The van der Waals surface area contributed by atoms with Gasteiger partial charge in [-0.05, 0) is 43.5 Å². The zero-order valence-corrected chi connectivity index (χ0v) is 16.3. The van der Waals surface area contributed by atoms with Gasteiger partial charge in [-0.25, -0.2) is 8.42 Å². The predicted octanol–water partition coefficient (Wildman–Crippen LogP) is 1.14. The minimum absolute atomic E-state index is 0.147. The fraction of sp³-hybridized carbons (Fsp3) is 0.588. The van der Waals surface area contributed by atoms with E-state index in [1.807, 2.05) is 4.90 Å². The van der Waals surface area contributed by atoms with E-state index in [4.69, 9.17) is 11.6 Å². The highest BCUT2D eigenvalue weighted by atomic mass is 35.5. The van der Waals surface area contributed by atoms with Gasteiger partial charge in [0.25, 0.3) is 0 Å². The number of piperidine rings is 1. The molecule has 0 unspecified atom stereocenters. The van der Waals surface area contributed by atoms with Crippen molar-refractivity contribution in [1.82, 2.24) is 9.21 Å². The highest BCUT2D eigenvalue weighted by Crippen LogP contribution is 2.40. The molecule has 2 saturated heterocycles. The number of aliphatic hydroxyl groups is 1. The third kappa shape index (κ3) is 4.04. The Morgan fingerprint density at radius 1 is 1.31 bits per heavy atom. The molecule has 2 fully saturated rings. The lowest BCUT2D eigenvalue weighted by molar-refractivity contribution is -0.119. The van der Waals surface area contributed by atoms with Crippen molar-refractivity contribution in [2.45, 2.75) is 30.9 Å². The van der Waals surface area contributed by atoms with Crippen LogP contribution >= 0.6 is 11.6 Å². The first-order valence-electron chi connectivity index (χ1n) is 8.64. The number of likely N-dealkylation sites (tertiary alicyclic amines) is 1. The van der Waals surface area contributed by atoms with Crippen LogP contribution in [0.4, 0.5) is 5.69 Å². The number of halogens is 1. The molecule has 144 valence electrons. The van der Waals surface area contributed by atoms with Crippen LogP contribution in [0.1, 0.15) is 19.3 Å². The Morgan fingerprint density at radius 2 is 2.00 bits per heavy atom. The number of nitrogens with zero attached hydrogens (tertiary/aromatic N) is 2. The molecule has 9 heteroatoms. The summed E-state index contributed by atoms with van der Waals surface area (Å²) in [6, 6.07) is 6.85. The van der Waals surface area contributed by atoms with Crippen molar-refractivity contribution < 1.29 is 18.3 Å². The molecule has 0 radical (unpaired) electrons. The van der Waals surface area contributed by atoms with Gasteiger partial charge in [-0.3, -0.25) is 9.69 Å². The molecular weight excluding hydrogens is 378 g/mol. The second-order valence-corrected chi connectivity index (χ2v) is 9.44. The number of carbonyl (C=O) groups excluding carboxylic acids is 1. The van der Waals surface area contributed by atoms with Crippen LogP contribution in [0, 0.1) is 0 Å². The molecule has 0 saturated carbocycles. The highest BCUT2D eigenvalue weighted by Gasteiger charge is 2.52. The molecule has 2 aliphatic rings. The number of amides is 1. The van der Waals surface area contributed by atoms with Crippen LogP contribution in [0.3, 0.4) is 0 Å². The van der Waals surface area contributed by atoms with Gasteiger partial charge in [-0.1, -0.05) is 11.6 Å². The molecule has 2 N–H and O–H groups in total. The van der Waals surface area contributed by atoms with Gasteiger partial charge in [-0.15, -0.1) is 0 Å². The fourth-order valence-electron chi connectivity index (χ4n) is 4.06. The number of hydrogen-bond donors (Lipinski definition) is 2. The number of nitrogens with one attached hydrogen (secondary N) is 1. The minimum Gasteiger partial charge on any atom is -0.390 e. The first-order chi connectivity index (χ1) is 12.2. The minimum atomic E-state index is -3.36. The predicted molar refractivity (Wildman–Crippen MR) is 101 cm³/mol. The maximum Gasteiger partial charge on any atom is 0.238 e. The highest BCUT2D eigenvalue weighted by molar-refractivity contribution is 7.88. The summed E-state index contributed by atoms with van der Waals surface area (Å²) < 4.78 is 25.6. The standard InChI is InChI=1S/C17H24ClN3O4S/c1-26(24,25)21-9-2-7-17(21)8-10-20(11-15(17)22)12-16(23)19-14-5-3-13(18)4-6-14/h3-6,15,22H,2,7-12H2,1H3,(H,19,23)/t15-,17-/m0/s1. The summed E-state index contributed by atoms with van der Waals surface area (Å²) in [5.74, 6) is -0.179. The first-order valence-corrected chi connectivity index (χ1v) is 10.9. The molecule has 1 aromatic carbocycles. The van der Waals surface area contributed by atoms with Crippen molar-refractivity contribution >= 4 is 33.2 Å². The van der Waals surface area contributed by atoms with Crippen LogP contribution < -0.4 is 5.32 Å². The van der Waals surface area contributed by atoms with Crippen LogP contribution in [0.2, 0.25) is 5.02 Å². The number of sulfonamides is 1. The summed E-state index contributed by atoms with van der Waals surface area (Å²) >= 11 is 5.83. The van der Waals surface area contributed by atoms with Crippen LogP contribution in [0.25, 0.3) is 0 Å². The van der Waals surface area contributed by atoms with Crippen molar-refractivity contribution in [3.05, 3.63) is 29.3 Å². The van der Waals surface area contributed by atoms with E-state index in [-0.39, 0.29) is 19.0 Å². The number of carbonyl (C=O) groups is 1. The van der Waals surface area contributed by atoms with Gasteiger partial charge in [0.05, 0.1) is 24.4 Å². The summed E-state index contributed by atoms with van der Waals surface area (Å²) in [5.41, 5.74) is -0.0658. The van der Waals surface area contributed by atoms with Crippen molar-refractivity contribution in [3.63, 3.8) is 0 Å². The topological polar surface area (TPSA) is 90.0 Å². The second-order valence-electron chi connectivity index (χ2n) is 7.10. The molecule has 2 heterocycles. The van der Waals surface area contributed by atoms with E-state index in [0.717, 1.165) is 6.42 Å². The van der Waals surface area contributed by atoms with Crippen LogP contribution in [-0.2, 0) is 14.8 Å². The monoisotopic (exact) mass is 401 g/mol. The van der Waals surface area contributed by atoms with Crippen molar-refractivity contribution in [2.75, 3.05) is 37.8 Å². The Labute approximate surface area is 159 Å². The van der Waals surface area contributed by atoms with Crippen LogP contribution in [0.5, 0.6) is 0 Å². The molecule has 26 heavy (non-hydrogen) atoms. The van der Waals surface area contributed by atoms with E-state index in [1.165, 1.54) is 10.6 Å². The van der Waals surface area contributed by atoms with E-state index in [1.54, 1.807) is 24.3 Å². The Balaban J connectivity index is 1.60. The number of rotatable bonds is 4. The number of aliphatic hydroxyl groups excluding tert-OH is 1. The second kappa shape index (κ2) is 7.44. The van der Waals surface area contributed by atoms with E-state index in [0.29, 0.717) is 36.6 Å². The maximum atomic E-state index is 12.2. The number of hydrogen-bond acceptors (Lipinski definition) is 5. The molecule has 2 aliphatic heterocycles. The normalized spacial score (nSPS) is 27.7. The van der Waals surface area contributed by atoms with E-state index >= 15 is 0 Å². The summed E-state index contributed by atoms with van der Waals surface area (Å²) in [6.07, 6.45) is 2.32. The molecule has 2 atom stereocenters. The number of benzene rings is 1. The van der Waals surface area contributed by atoms with Gasteiger partial charge in [0.2, 0.25) is 15.9 Å². The molecule has 0 aliphatic carbocycles. The molecule has 7 nitrogen and oxygen atoms in total. The zero-order chi connectivity index (χ0) is 18.9. The molecule has 0 aromatic heterocycles. The Bertz CT molecular complexity index is 771. The van der Waals surface area contributed by atoms with E-state index in [9.17, 15) is 18.3 Å². The Kier molecular flexibility index (Phi) is 5.60. The molecule has 1 spiro atoms. The largest absolute Gasteiger partial charge is 0.390 e. The third-order valence-electron chi connectivity index (χ3n) is 5.28. The van der Waals surface area contributed by atoms with Crippen LogP contribution in [-0.4, -0.2) is 72.7 Å². The van der Waals surface area contributed by atoms with Gasteiger partial charge in [0.1, 0.15) is 0 Å². The van der Waals surface area contributed by atoms with Crippen molar-refractivity contribution in [1.29, 1.82) is 0 Å². The third-order valence-corrected chi connectivity index (χ3v) is 6.87. The maximum absolute atomic E-state index is 12.2. The first kappa shape index (κ1) is 19.6. The summed E-state index contributed by atoms with van der Waals surface area (Å²) in [5, 5.41) is 14.1. The lowest BCUT2D eigenvalue weighted by atomic mass is 9.83. The molecule has 1 amide bonds. The molecular formula is C17H24ClN3O4S. The van der Waals surface area contributed by atoms with Gasteiger partial charge >= 0.3 is 0 Å². The summed E-state index contributed by atoms with van der Waals surface area (Å²) in [6.45, 7) is 1.44. The van der Waals surface area contributed by atoms with Gasteiger partial charge < -0.3 is 10.4 Å². The van der Waals surface area contributed by atoms with Crippen LogP contribution in [0.15, 0.2) is 24.3 Å². The average Bonchev–Trinajstić information content (AvgIpc) is 2.99. The SMILES string of the molecule is CS(=O)(=O)N1CCC[C@@]12CCN(CC(=O)Nc1ccc(Cl)cc1)C[C@@H]2O. The Morgan fingerprint density at radius 3 is 2.62 bits per heavy atom. The summed E-state index contributed by atoms with van der Waals surface area (Å²) in [4.78, 5) is 14.1. The van der Waals surface area contributed by atoms with Crippen molar-refractivity contribution in [3.8, 4) is 0 Å². The summed E-state index contributed by atoms with van der Waals surface area (Å²) in [7, 11) is -3.36. The van der Waals surface area contributed by atoms with E-state index < -0.39 is 21.7 Å². The van der Waals surface area contributed by atoms with Crippen molar-refractivity contribution in [2.24, 2.45) is 0 Å². The number of β-amino-alcohol motifs (C(OH)–C–C–N with tert-alkyl or cyclic N) is 1. The lowest BCUT2D eigenvalue weighted by Crippen LogP contribution is -2.63. The molecule has 1 aromatic rings. The molecule has 3 rings (SSSR count). The fourth-order valence-corrected chi connectivity index (χ4v) is 5.61. The number of anilines is 1. The lowest BCUT2D eigenvalue weighted by Gasteiger charge is -2.47. The zero-order valence-electron chi connectivity index (χ0n) is 14.7. The van der Waals surface area contributed by atoms with Gasteiger partial charge in [0, 0.05) is 30.3 Å². The van der Waals surface area contributed by atoms with E-state index in [2.05, 4.69) is 5.32 Å². The quantitative estimate of drug-likeness (QED) is 0.789. The van der Waals surface area contributed by atoms with Gasteiger partial charge in [-0.2, -0.15) is 4.31 Å². The smallest absolute Gasteiger partial charge is 0.238 e. The van der Waals surface area contributed by atoms with Gasteiger partial charge in [0.15, 0.2) is 0 Å². The Hall–Kier alpha value is -1.19. The average molecular weight is 402 g/mol.